The van der Waals surface area contributed by atoms with Crippen molar-refractivity contribution < 1.29 is 14.4 Å². The SMILES string of the molecule is CC(=O)C1CC2C(=O)NC(=O)N(C)C2NC1C. The third kappa shape index (κ3) is 1.93. The molecule has 2 fully saturated rings. The van der Waals surface area contributed by atoms with Crippen LogP contribution in [0.15, 0.2) is 0 Å². The molecule has 2 aliphatic heterocycles. The standard InChI is InChI=1S/C11H17N3O3/c1-5-7(6(2)15)4-8-9(12-5)14(3)11(17)13-10(8)16/h5,7-9,12H,4H2,1-3H3,(H,13,16,17). The molecule has 0 aliphatic carbocycles. The van der Waals surface area contributed by atoms with Gasteiger partial charge in [0.05, 0.1) is 12.1 Å². The van der Waals surface area contributed by atoms with Gasteiger partial charge in [0, 0.05) is 19.0 Å². The monoisotopic (exact) mass is 239 g/mol. The second kappa shape index (κ2) is 4.10. The van der Waals surface area contributed by atoms with Crippen molar-refractivity contribution in [2.24, 2.45) is 11.8 Å². The fraction of sp³-hybridized carbons (Fsp3) is 0.727. The van der Waals surface area contributed by atoms with E-state index < -0.39 is 6.03 Å². The van der Waals surface area contributed by atoms with Crippen LogP contribution in [-0.4, -0.2) is 41.9 Å². The first-order chi connectivity index (χ1) is 7.91. The van der Waals surface area contributed by atoms with Crippen molar-refractivity contribution in [2.45, 2.75) is 32.5 Å². The van der Waals surface area contributed by atoms with Gasteiger partial charge in [-0.05, 0) is 20.3 Å². The predicted octanol–water partition coefficient (Wildman–Crippen LogP) is -0.303. The maximum absolute atomic E-state index is 11.7. The summed E-state index contributed by atoms with van der Waals surface area (Å²) >= 11 is 0. The van der Waals surface area contributed by atoms with E-state index in [0.717, 1.165) is 0 Å². The summed E-state index contributed by atoms with van der Waals surface area (Å²) < 4.78 is 0. The van der Waals surface area contributed by atoms with Crippen molar-refractivity contribution in [1.29, 1.82) is 0 Å². The number of carbonyl (C=O) groups is 3. The molecule has 6 nitrogen and oxygen atoms in total. The highest BCUT2D eigenvalue weighted by Gasteiger charge is 2.46. The average molecular weight is 239 g/mol. The number of hydrogen-bond acceptors (Lipinski definition) is 4. The molecule has 0 aromatic carbocycles. The number of carbonyl (C=O) groups excluding carboxylic acids is 3. The Morgan fingerprint density at radius 1 is 1.41 bits per heavy atom. The van der Waals surface area contributed by atoms with Crippen molar-refractivity contribution in [3.05, 3.63) is 0 Å². The minimum atomic E-state index is -0.391. The summed E-state index contributed by atoms with van der Waals surface area (Å²) in [6.45, 7) is 3.45. The maximum Gasteiger partial charge on any atom is 0.325 e. The third-order valence-electron chi connectivity index (χ3n) is 3.75. The number of nitrogens with one attached hydrogen (secondary N) is 2. The topological polar surface area (TPSA) is 78.5 Å². The Balaban J connectivity index is 2.22. The fourth-order valence-electron chi connectivity index (χ4n) is 2.67. The zero-order valence-corrected chi connectivity index (χ0v) is 10.2. The molecule has 2 N–H and O–H groups in total. The average Bonchev–Trinajstić information content (AvgIpc) is 2.25. The molecular formula is C11H17N3O3. The molecule has 2 rings (SSSR count). The van der Waals surface area contributed by atoms with Crippen LogP contribution < -0.4 is 10.6 Å². The normalized spacial score (nSPS) is 37.5. The second-order valence-electron chi connectivity index (χ2n) is 4.86. The van der Waals surface area contributed by atoms with E-state index >= 15 is 0 Å². The van der Waals surface area contributed by atoms with Crippen LogP contribution in [0.5, 0.6) is 0 Å². The number of imide groups is 1. The van der Waals surface area contributed by atoms with Crippen molar-refractivity contribution in [1.82, 2.24) is 15.5 Å². The van der Waals surface area contributed by atoms with Gasteiger partial charge in [0.1, 0.15) is 5.78 Å². The molecule has 2 saturated heterocycles. The van der Waals surface area contributed by atoms with Gasteiger partial charge >= 0.3 is 6.03 Å². The Morgan fingerprint density at radius 2 is 2.06 bits per heavy atom. The van der Waals surface area contributed by atoms with Crippen LogP contribution in [0.25, 0.3) is 0 Å². The molecule has 0 radical (unpaired) electrons. The lowest BCUT2D eigenvalue weighted by Gasteiger charge is -2.46. The lowest BCUT2D eigenvalue weighted by molar-refractivity contribution is -0.133. The van der Waals surface area contributed by atoms with Gasteiger partial charge in [-0.1, -0.05) is 0 Å². The third-order valence-corrected chi connectivity index (χ3v) is 3.75. The first kappa shape index (κ1) is 12.0. The maximum atomic E-state index is 11.7. The zero-order chi connectivity index (χ0) is 12.7. The lowest BCUT2D eigenvalue weighted by Crippen LogP contribution is -2.68. The van der Waals surface area contributed by atoms with Crippen LogP contribution in [0, 0.1) is 11.8 Å². The first-order valence-corrected chi connectivity index (χ1v) is 5.76. The number of amides is 3. The summed E-state index contributed by atoms with van der Waals surface area (Å²) in [6.07, 6.45) is 0.194. The van der Waals surface area contributed by atoms with Crippen LogP contribution in [0.4, 0.5) is 4.79 Å². The summed E-state index contributed by atoms with van der Waals surface area (Å²) in [6, 6.07) is -0.410. The summed E-state index contributed by atoms with van der Waals surface area (Å²) in [5.74, 6) is -0.717. The van der Waals surface area contributed by atoms with E-state index in [1.807, 2.05) is 6.92 Å². The van der Waals surface area contributed by atoms with E-state index in [2.05, 4.69) is 10.6 Å². The van der Waals surface area contributed by atoms with Crippen LogP contribution in [0.3, 0.4) is 0 Å². The quantitative estimate of drug-likeness (QED) is 0.658. The van der Waals surface area contributed by atoms with E-state index in [9.17, 15) is 14.4 Å². The van der Waals surface area contributed by atoms with E-state index in [-0.39, 0.29) is 35.7 Å². The molecule has 3 amide bonds. The van der Waals surface area contributed by atoms with Gasteiger partial charge in [0.25, 0.3) is 0 Å². The van der Waals surface area contributed by atoms with Gasteiger partial charge in [-0.2, -0.15) is 0 Å². The highest BCUT2D eigenvalue weighted by Crippen LogP contribution is 2.29. The van der Waals surface area contributed by atoms with E-state index in [1.54, 1.807) is 14.0 Å². The Kier molecular flexibility index (Phi) is 2.91. The summed E-state index contributed by atoms with van der Waals surface area (Å²) in [4.78, 5) is 36.2. The Hall–Kier alpha value is -1.43. The zero-order valence-electron chi connectivity index (χ0n) is 10.2. The molecule has 0 aromatic rings. The molecular weight excluding hydrogens is 222 g/mol. The molecule has 6 heteroatoms. The van der Waals surface area contributed by atoms with Gasteiger partial charge in [0.2, 0.25) is 5.91 Å². The molecule has 4 atom stereocenters. The van der Waals surface area contributed by atoms with Crippen molar-refractivity contribution >= 4 is 17.7 Å². The number of rotatable bonds is 1. The molecule has 94 valence electrons. The summed E-state index contributed by atoms with van der Waals surface area (Å²) in [5, 5.41) is 5.48. The fourth-order valence-corrected chi connectivity index (χ4v) is 2.67. The van der Waals surface area contributed by atoms with Gasteiger partial charge in [-0.25, -0.2) is 4.79 Å². The number of nitrogens with zero attached hydrogens (tertiary/aromatic N) is 1. The number of ketones is 1. The smallest absolute Gasteiger partial charge is 0.311 e. The second-order valence-corrected chi connectivity index (χ2v) is 4.86. The Labute approximate surface area is 99.7 Å². The Bertz CT molecular complexity index is 382. The highest BCUT2D eigenvalue weighted by molar-refractivity contribution is 5.98. The largest absolute Gasteiger partial charge is 0.325 e. The molecule has 0 aromatic heterocycles. The van der Waals surface area contributed by atoms with E-state index in [1.165, 1.54) is 4.90 Å². The molecule has 17 heavy (non-hydrogen) atoms. The van der Waals surface area contributed by atoms with Crippen molar-refractivity contribution in [3.63, 3.8) is 0 Å². The number of fused-ring (bicyclic) bond motifs is 1. The summed E-state index contributed by atoms with van der Waals surface area (Å²) in [5.41, 5.74) is 0. The first-order valence-electron chi connectivity index (χ1n) is 5.76. The van der Waals surface area contributed by atoms with Crippen LogP contribution in [0.2, 0.25) is 0 Å². The van der Waals surface area contributed by atoms with Crippen LogP contribution in [-0.2, 0) is 9.59 Å². The Morgan fingerprint density at radius 3 is 2.65 bits per heavy atom. The highest BCUT2D eigenvalue weighted by atomic mass is 16.2. The molecule has 2 aliphatic rings. The van der Waals surface area contributed by atoms with Gasteiger partial charge in [-0.15, -0.1) is 0 Å². The molecule has 0 saturated carbocycles. The molecule has 4 unspecified atom stereocenters. The van der Waals surface area contributed by atoms with Crippen molar-refractivity contribution in [2.75, 3.05) is 7.05 Å². The van der Waals surface area contributed by atoms with Gasteiger partial charge in [-0.3, -0.25) is 20.2 Å². The number of hydrogen-bond donors (Lipinski definition) is 2. The van der Waals surface area contributed by atoms with Crippen LogP contribution in [0.1, 0.15) is 20.3 Å². The minimum Gasteiger partial charge on any atom is -0.311 e. The molecule has 2 heterocycles. The number of urea groups is 1. The van der Waals surface area contributed by atoms with E-state index in [0.29, 0.717) is 6.42 Å². The lowest BCUT2D eigenvalue weighted by atomic mass is 9.79. The van der Waals surface area contributed by atoms with E-state index in [4.69, 9.17) is 0 Å². The van der Waals surface area contributed by atoms with Gasteiger partial charge in [0.15, 0.2) is 0 Å². The molecule has 0 bridgehead atoms. The van der Waals surface area contributed by atoms with Crippen LogP contribution >= 0.6 is 0 Å². The molecule has 0 spiro atoms. The van der Waals surface area contributed by atoms with Gasteiger partial charge < -0.3 is 4.90 Å². The summed E-state index contributed by atoms with van der Waals surface area (Å²) in [7, 11) is 1.65. The number of Topliss-reactive ketones (excluding diaryl/α,β-unsaturated/α-hetero) is 1. The van der Waals surface area contributed by atoms with Crippen molar-refractivity contribution in [3.8, 4) is 0 Å². The predicted molar refractivity (Wildman–Crippen MR) is 60.0 cm³/mol. The minimum absolute atomic E-state index is 0.0186. The number of piperidine rings is 1.